The molecule has 0 aromatic heterocycles. The number of phenolic OH excluding ortho intramolecular Hbond substituents is 1. The normalized spacial score (nSPS) is 21.4. The lowest BCUT2D eigenvalue weighted by Crippen LogP contribution is -2.55. The van der Waals surface area contributed by atoms with Gasteiger partial charge in [-0.2, -0.15) is 0 Å². The summed E-state index contributed by atoms with van der Waals surface area (Å²) < 4.78 is 28.8. The number of hydrogen-bond acceptors (Lipinski definition) is 6. The van der Waals surface area contributed by atoms with Crippen LogP contribution in [-0.4, -0.2) is 51.5 Å². The third-order valence-electron chi connectivity index (χ3n) is 7.49. The quantitative estimate of drug-likeness (QED) is 0.282. The first-order valence-electron chi connectivity index (χ1n) is 12.8. The van der Waals surface area contributed by atoms with Gasteiger partial charge in [0.1, 0.15) is 17.4 Å². The highest BCUT2D eigenvalue weighted by Gasteiger charge is 2.49. The molecule has 2 saturated heterocycles. The SMILES string of the molecule is O=C1C(CCC(O)c2ccc(F)cc2)C(c2ccc(CN3CCN(S)CC3)cc2O)N1c1ccc(F)cc1. The lowest BCUT2D eigenvalue weighted by Gasteiger charge is -2.48. The molecule has 3 aromatic rings. The smallest absolute Gasteiger partial charge is 0.233 e. The molecule has 1 amide bonds. The molecule has 3 atom stereocenters. The molecule has 0 radical (unpaired) electrons. The molecule has 3 aromatic carbocycles. The molecule has 38 heavy (non-hydrogen) atoms. The summed E-state index contributed by atoms with van der Waals surface area (Å²) in [6.07, 6.45) is -0.182. The predicted octanol–water partition coefficient (Wildman–Crippen LogP) is 4.85. The van der Waals surface area contributed by atoms with Gasteiger partial charge in [-0.3, -0.25) is 14.0 Å². The van der Waals surface area contributed by atoms with Crippen molar-refractivity contribution < 1.29 is 23.8 Å². The van der Waals surface area contributed by atoms with E-state index in [1.54, 1.807) is 23.1 Å². The molecule has 0 saturated carbocycles. The van der Waals surface area contributed by atoms with Crippen LogP contribution in [0.4, 0.5) is 14.5 Å². The van der Waals surface area contributed by atoms with E-state index in [0.717, 1.165) is 31.7 Å². The Morgan fingerprint density at radius 1 is 0.921 bits per heavy atom. The highest BCUT2D eigenvalue weighted by molar-refractivity contribution is 7.77. The second kappa shape index (κ2) is 11.4. The molecule has 2 aliphatic heterocycles. The van der Waals surface area contributed by atoms with Crippen LogP contribution in [0.2, 0.25) is 0 Å². The van der Waals surface area contributed by atoms with Gasteiger partial charge in [-0.25, -0.2) is 8.78 Å². The Bertz CT molecular complexity index is 1270. The van der Waals surface area contributed by atoms with Crippen LogP contribution < -0.4 is 4.90 Å². The summed E-state index contributed by atoms with van der Waals surface area (Å²) in [5.74, 6) is -1.31. The second-order valence-corrected chi connectivity index (χ2v) is 10.6. The fourth-order valence-electron chi connectivity index (χ4n) is 5.36. The van der Waals surface area contributed by atoms with E-state index in [0.29, 0.717) is 36.2 Å². The van der Waals surface area contributed by atoms with Crippen LogP contribution in [0.25, 0.3) is 0 Å². The van der Waals surface area contributed by atoms with E-state index in [1.807, 2.05) is 16.4 Å². The van der Waals surface area contributed by atoms with E-state index in [1.165, 1.54) is 36.4 Å². The number of halogens is 2. The number of aliphatic hydroxyl groups is 1. The summed E-state index contributed by atoms with van der Waals surface area (Å²) in [6.45, 7) is 4.22. The molecule has 0 spiro atoms. The van der Waals surface area contributed by atoms with Crippen LogP contribution in [0.1, 0.15) is 41.7 Å². The Kier molecular flexibility index (Phi) is 7.99. The van der Waals surface area contributed by atoms with Crippen molar-refractivity contribution in [3.63, 3.8) is 0 Å². The number of aliphatic hydroxyl groups excluding tert-OH is 1. The molecular formula is C29H31F2N3O3S. The number of aromatic hydroxyl groups is 1. The van der Waals surface area contributed by atoms with E-state index in [9.17, 15) is 23.8 Å². The summed E-state index contributed by atoms with van der Waals surface area (Å²) >= 11 is 4.39. The van der Waals surface area contributed by atoms with E-state index in [2.05, 4.69) is 17.7 Å². The lowest BCUT2D eigenvalue weighted by atomic mass is 9.77. The summed E-state index contributed by atoms with van der Waals surface area (Å²) in [6, 6.07) is 16.5. The third-order valence-corrected chi connectivity index (χ3v) is 7.89. The second-order valence-electron chi connectivity index (χ2n) is 10.0. The van der Waals surface area contributed by atoms with Gasteiger partial charge < -0.3 is 15.1 Å². The topological polar surface area (TPSA) is 67.2 Å². The van der Waals surface area contributed by atoms with Crippen molar-refractivity contribution in [3.05, 3.63) is 95.1 Å². The predicted molar refractivity (Wildman–Crippen MR) is 145 cm³/mol. The molecule has 6 nitrogen and oxygen atoms in total. The molecule has 9 heteroatoms. The minimum Gasteiger partial charge on any atom is -0.508 e. The minimum absolute atomic E-state index is 0.101. The van der Waals surface area contributed by atoms with E-state index in [4.69, 9.17) is 0 Å². The molecule has 2 fully saturated rings. The van der Waals surface area contributed by atoms with Gasteiger partial charge in [0.2, 0.25) is 5.91 Å². The largest absolute Gasteiger partial charge is 0.508 e. The number of hydrogen-bond donors (Lipinski definition) is 3. The van der Waals surface area contributed by atoms with Crippen LogP contribution in [0.5, 0.6) is 5.75 Å². The van der Waals surface area contributed by atoms with E-state index in [-0.39, 0.29) is 17.5 Å². The van der Waals surface area contributed by atoms with Crippen molar-refractivity contribution in [2.24, 2.45) is 5.92 Å². The number of carbonyl (C=O) groups excluding carboxylic acids is 1. The summed E-state index contributed by atoms with van der Waals surface area (Å²) in [5, 5.41) is 21.7. The molecule has 2 N–H and O–H groups in total. The average Bonchev–Trinajstić information content (AvgIpc) is 2.90. The summed E-state index contributed by atoms with van der Waals surface area (Å²) in [5.41, 5.74) is 2.71. The van der Waals surface area contributed by atoms with Crippen molar-refractivity contribution in [1.82, 2.24) is 9.21 Å². The van der Waals surface area contributed by atoms with Crippen LogP contribution >= 0.6 is 12.8 Å². The molecule has 0 bridgehead atoms. The van der Waals surface area contributed by atoms with Gasteiger partial charge in [-0.05, 0) is 66.4 Å². The van der Waals surface area contributed by atoms with Crippen molar-refractivity contribution >= 4 is 24.4 Å². The lowest BCUT2D eigenvalue weighted by molar-refractivity contribution is -0.131. The van der Waals surface area contributed by atoms with Crippen molar-refractivity contribution in [3.8, 4) is 5.75 Å². The van der Waals surface area contributed by atoms with Gasteiger partial charge in [0, 0.05) is 44.0 Å². The third kappa shape index (κ3) is 5.71. The fraction of sp³-hybridized carbons (Fsp3) is 0.345. The Balaban J connectivity index is 1.36. The van der Waals surface area contributed by atoms with Gasteiger partial charge in [-0.1, -0.05) is 37.1 Å². The maximum atomic E-state index is 13.6. The van der Waals surface area contributed by atoms with Crippen molar-refractivity contribution in [2.45, 2.75) is 31.5 Å². The number of β-lactam (4-membered cyclic amide) rings is 1. The average molecular weight is 540 g/mol. The molecule has 200 valence electrons. The van der Waals surface area contributed by atoms with Crippen LogP contribution in [-0.2, 0) is 11.3 Å². The van der Waals surface area contributed by atoms with Crippen molar-refractivity contribution in [2.75, 3.05) is 31.1 Å². The highest BCUT2D eigenvalue weighted by Crippen LogP contribution is 2.48. The minimum atomic E-state index is -0.849. The molecular weight excluding hydrogens is 508 g/mol. The monoisotopic (exact) mass is 539 g/mol. The molecule has 0 aliphatic carbocycles. The number of piperazine rings is 1. The first kappa shape index (κ1) is 26.6. The van der Waals surface area contributed by atoms with Crippen LogP contribution in [0.15, 0.2) is 66.7 Å². The molecule has 2 heterocycles. The van der Waals surface area contributed by atoms with Gasteiger partial charge in [-0.15, -0.1) is 0 Å². The summed E-state index contributed by atoms with van der Waals surface area (Å²) in [7, 11) is 0. The Morgan fingerprint density at radius 2 is 1.55 bits per heavy atom. The highest BCUT2D eigenvalue weighted by atomic mass is 32.1. The number of nitrogens with zero attached hydrogens (tertiary/aromatic N) is 3. The van der Waals surface area contributed by atoms with Gasteiger partial charge in [0.05, 0.1) is 18.1 Å². The Hall–Kier alpha value is -2.98. The first-order valence-corrected chi connectivity index (χ1v) is 13.2. The van der Waals surface area contributed by atoms with E-state index >= 15 is 0 Å². The number of thiol groups is 1. The van der Waals surface area contributed by atoms with Crippen molar-refractivity contribution in [1.29, 1.82) is 0 Å². The molecule has 3 unspecified atom stereocenters. The van der Waals surface area contributed by atoms with Crippen LogP contribution in [0.3, 0.4) is 0 Å². The zero-order valence-corrected chi connectivity index (χ0v) is 21.8. The van der Waals surface area contributed by atoms with E-state index < -0.39 is 23.9 Å². The number of anilines is 1. The maximum Gasteiger partial charge on any atom is 0.233 e. The number of amides is 1. The maximum absolute atomic E-state index is 13.6. The molecule has 5 rings (SSSR count). The van der Waals surface area contributed by atoms with Crippen LogP contribution in [0, 0.1) is 17.6 Å². The number of phenols is 1. The number of rotatable bonds is 8. The Morgan fingerprint density at radius 3 is 2.18 bits per heavy atom. The zero-order chi connectivity index (χ0) is 26.8. The van der Waals surface area contributed by atoms with Gasteiger partial charge in [0.25, 0.3) is 0 Å². The number of benzene rings is 3. The summed E-state index contributed by atoms with van der Waals surface area (Å²) in [4.78, 5) is 17.2. The first-order chi connectivity index (χ1) is 18.3. The van der Waals surface area contributed by atoms with Gasteiger partial charge in [0.15, 0.2) is 0 Å². The zero-order valence-electron chi connectivity index (χ0n) is 20.9. The number of carbonyl (C=O) groups is 1. The molecule has 2 aliphatic rings. The van der Waals surface area contributed by atoms with Gasteiger partial charge >= 0.3 is 0 Å². The standard InChI is InChI=1S/C29H31F2N3O3S/c30-21-4-2-20(3-5-21)26(35)12-11-25-28(34(29(25)37)23-8-6-22(31)7-9-23)24-10-1-19(17-27(24)36)18-32-13-15-33(38)16-14-32/h1-10,17,25-26,28,35-36,38H,11-16,18H2. The fourth-order valence-corrected chi connectivity index (χ4v) is 5.53. The Labute approximate surface area is 226 Å².